The molecule has 2 aromatic rings. The third kappa shape index (κ3) is 5.09. The highest BCUT2D eigenvalue weighted by Crippen LogP contribution is 2.38. The molecule has 0 spiro atoms. The first-order valence-corrected chi connectivity index (χ1v) is 8.85. The van der Waals surface area contributed by atoms with Crippen molar-refractivity contribution < 1.29 is 33.5 Å². The molecule has 0 saturated carbocycles. The molecule has 2 rings (SSSR count). The van der Waals surface area contributed by atoms with Crippen LogP contribution < -0.4 is 19.5 Å². The predicted molar refractivity (Wildman–Crippen MR) is 108 cm³/mol. The Morgan fingerprint density at radius 2 is 1.67 bits per heavy atom. The van der Waals surface area contributed by atoms with Crippen molar-refractivity contribution in [2.24, 2.45) is 0 Å². The van der Waals surface area contributed by atoms with Crippen LogP contribution in [0.4, 0.5) is 11.4 Å². The number of benzene rings is 2. The van der Waals surface area contributed by atoms with Crippen LogP contribution in [0.5, 0.6) is 17.2 Å². The fraction of sp³-hybridized carbons (Fsp3) is 0.263. The van der Waals surface area contributed by atoms with Gasteiger partial charge in [-0.3, -0.25) is 14.9 Å². The van der Waals surface area contributed by atoms with Gasteiger partial charge in [0, 0.05) is 12.1 Å². The van der Waals surface area contributed by atoms with Gasteiger partial charge >= 0.3 is 5.97 Å². The molecule has 1 atom stereocenters. The number of rotatable bonds is 8. The standard InChI is InChI=1S/C19H19ClN2O8/c1-10(18(23)21-14-6-5-12(22(25)26)9-13(14)20)30-19(24)11-7-15(27-2)17(29-4)16(8-11)28-3/h5-10H,1-4H3,(H,21,23)/t10-/m0/s1. The molecule has 0 aliphatic carbocycles. The molecule has 10 nitrogen and oxygen atoms in total. The molecular formula is C19H19ClN2O8. The van der Waals surface area contributed by atoms with Crippen molar-refractivity contribution in [1.29, 1.82) is 0 Å². The number of nitrogens with zero attached hydrogens (tertiary/aromatic N) is 1. The lowest BCUT2D eigenvalue weighted by molar-refractivity contribution is -0.384. The Balaban J connectivity index is 2.14. The van der Waals surface area contributed by atoms with Crippen molar-refractivity contribution in [1.82, 2.24) is 0 Å². The van der Waals surface area contributed by atoms with Crippen LogP contribution in [-0.4, -0.2) is 44.2 Å². The highest BCUT2D eigenvalue weighted by Gasteiger charge is 2.23. The van der Waals surface area contributed by atoms with Crippen LogP contribution >= 0.6 is 11.6 Å². The average Bonchev–Trinajstić information content (AvgIpc) is 2.73. The van der Waals surface area contributed by atoms with Crippen molar-refractivity contribution in [3.63, 3.8) is 0 Å². The number of hydrogen-bond donors (Lipinski definition) is 1. The second-order valence-electron chi connectivity index (χ2n) is 5.87. The van der Waals surface area contributed by atoms with E-state index in [-0.39, 0.29) is 33.5 Å². The normalized spacial score (nSPS) is 11.2. The van der Waals surface area contributed by atoms with Gasteiger partial charge in [0.2, 0.25) is 5.75 Å². The van der Waals surface area contributed by atoms with E-state index in [0.717, 1.165) is 6.07 Å². The zero-order valence-electron chi connectivity index (χ0n) is 16.6. The molecule has 0 unspecified atom stereocenters. The molecule has 0 radical (unpaired) electrons. The first kappa shape index (κ1) is 22.8. The largest absolute Gasteiger partial charge is 0.493 e. The summed E-state index contributed by atoms with van der Waals surface area (Å²) in [5.74, 6) is -0.675. The van der Waals surface area contributed by atoms with Gasteiger partial charge in [-0.15, -0.1) is 0 Å². The Morgan fingerprint density at radius 1 is 1.07 bits per heavy atom. The Labute approximate surface area is 176 Å². The van der Waals surface area contributed by atoms with E-state index < -0.39 is 22.9 Å². The van der Waals surface area contributed by atoms with Crippen molar-refractivity contribution in [2.75, 3.05) is 26.6 Å². The predicted octanol–water partition coefficient (Wildman–Crippen LogP) is 3.46. The van der Waals surface area contributed by atoms with Crippen molar-refractivity contribution in [3.8, 4) is 17.2 Å². The quantitative estimate of drug-likeness (QED) is 0.377. The lowest BCUT2D eigenvalue weighted by Gasteiger charge is -2.16. The Bertz CT molecular complexity index is 954. The van der Waals surface area contributed by atoms with Crippen molar-refractivity contribution in [3.05, 3.63) is 51.0 Å². The minimum Gasteiger partial charge on any atom is -0.493 e. The zero-order valence-corrected chi connectivity index (χ0v) is 17.3. The van der Waals surface area contributed by atoms with Gasteiger partial charge in [0.05, 0.1) is 42.5 Å². The summed E-state index contributed by atoms with van der Waals surface area (Å²) in [5.41, 5.74) is 0.000320. The van der Waals surface area contributed by atoms with Crippen LogP contribution in [0.3, 0.4) is 0 Å². The summed E-state index contributed by atoms with van der Waals surface area (Å²) in [5, 5.41) is 13.2. The van der Waals surface area contributed by atoms with Gasteiger partial charge in [0.25, 0.3) is 11.6 Å². The number of anilines is 1. The maximum Gasteiger partial charge on any atom is 0.339 e. The number of non-ortho nitro benzene ring substituents is 1. The lowest BCUT2D eigenvalue weighted by Crippen LogP contribution is -2.30. The van der Waals surface area contributed by atoms with Crippen LogP contribution in [-0.2, 0) is 9.53 Å². The second-order valence-corrected chi connectivity index (χ2v) is 6.28. The molecule has 0 fully saturated rings. The molecule has 11 heteroatoms. The number of amides is 1. The van der Waals surface area contributed by atoms with Crippen LogP contribution in [0.25, 0.3) is 0 Å². The first-order valence-electron chi connectivity index (χ1n) is 8.47. The van der Waals surface area contributed by atoms with Gasteiger partial charge in [-0.05, 0) is 25.1 Å². The number of nitro benzene ring substituents is 1. The van der Waals surface area contributed by atoms with Gasteiger partial charge in [-0.1, -0.05) is 11.6 Å². The number of ether oxygens (including phenoxy) is 4. The number of halogens is 1. The monoisotopic (exact) mass is 438 g/mol. The van der Waals surface area contributed by atoms with E-state index in [4.69, 9.17) is 30.5 Å². The van der Waals surface area contributed by atoms with Gasteiger partial charge in [0.1, 0.15) is 0 Å². The summed E-state index contributed by atoms with van der Waals surface area (Å²) in [6.07, 6.45) is -1.19. The smallest absolute Gasteiger partial charge is 0.339 e. The van der Waals surface area contributed by atoms with Gasteiger partial charge in [-0.2, -0.15) is 0 Å². The van der Waals surface area contributed by atoms with Crippen molar-refractivity contribution in [2.45, 2.75) is 13.0 Å². The van der Waals surface area contributed by atoms with Gasteiger partial charge < -0.3 is 24.3 Å². The topological polar surface area (TPSA) is 126 Å². The second kappa shape index (κ2) is 9.79. The molecule has 1 amide bonds. The van der Waals surface area contributed by atoms with Gasteiger partial charge in [-0.25, -0.2) is 4.79 Å². The molecule has 0 saturated heterocycles. The van der Waals surface area contributed by atoms with E-state index in [1.807, 2.05) is 0 Å². The fourth-order valence-electron chi connectivity index (χ4n) is 2.43. The summed E-state index contributed by atoms with van der Waals surface area (Å²) < 4.78 is 20.8. The molecule has 0 aliphatic rings. The molecule has 1 N–H and O–H groups in total. The van der Waals surface area contributed by atoms with Crippen molar-refractivity contribution >= 4 is 34.9 Å². The van der Waals surface area contributed by atoms with Gasteiger partial charge in [0.15, 0.2) is 17.6 Å². The Kier molecular flexibility index (Phi) is 7.43. The van der Waals surface area contributed by atoms with E-state index in [1.165, 1.54) is 52.5 Å². The van der Waals surface area contributed by atoms with Crippen LogP contribution in [0.15, 0.2) is 30.3 Å². The SMILES string of the molecule is COc1cc(C(=O)O[C@@H](C)C(=O)Nc2ccc([N+](=O)[O-])cc2Cl)cc(OC)c1OC. The zero-order chi connectivity index (χ0) is 22.4. The van der Waals surface area contributed by atoms with E-state index in [0.29, 0.717) is 5.75 Å². The number of carbonyl (C=O) groups excluding carboxylic acids is 2. The number of carbonyl (C=O) groups is 2. The van der Waals surface area contributed by atoms with Crippen LogP contribution in [0, 0.1) is 10.1 Å². The van der Waals surface area contributed by atoms with E-state index in [9.17, 15) is 19.7 Å². The molecule has 0 aromatic heterocycles. The number of hydrogen-bond acceptors (Lipinski definition) is 8. The number of nitrogens with one attached hydrogen (secondary N) is 1. The van der Waals surface area contributed by atoms with E-state index >= 15 is 0 Å². The van der Waals surface area contributed by atoms with E-state index in [1.54, 1.807) is 0 Å². The molecule has 0 bridgehead atoms. The molecule has 30 heavy (non-hydrogen) atoms. The highest BCUT2D eigenvalue weighted by molar-refractivity contribution is 6.34. The average molecular weight is 439 g/mol. The summed E-state index contributed by atoms with van der Waals surface area (Å²) in [4.78, 5) is 35.0. The Hall–Kier alpha value is -3.53. The maximum atomic E-state index is 12.5. The first-order chi connectivity index (χ1) is 14.2. The van der Waals surface area contributed by atoms with Crippen LogP contribution in [0.1, 0.15) is 17.3 Å². The summed E-state index contributed by atoms with van der Waals surface area (Å²) in [6, 6.07) is 6.35. The van der Waals surface area contributed by atoms with Crippen LogP contribution in [0.2, 0.25) is 5.02 Å². The minimum atomic E-state index is -1.19. The maximum absolute atomic E-state index is 12.5. The molecule has 2 aromatic carbocycles. The van der Waals surface area contributed by atoms with E-state index in [2.05, 4.69) is 5.32 Å². The number of esters is 1. The molecule has 0 heterocycles. The number of nitro groups is 1. The molecule has 0 aliphatic heterocycles. The highest BCUT2D eigenvalue weighted by atomic mass is 35.5. The minimum absolute atomic E-state index is 0.0271. The third-order valence-corrected chi connectivity index (χ3v) is 4.29. The lowest BCUT2D eigenvalue weighted by atomic mass is 10.2. The summed E-state index contributed by atoms with van der Waals surface area (Å²) in [6.45, 7) is 1.37. The third-order valence-electron chi connectivity index (χ3n) is 3.97. The fourth-order valence-corrected chi connectivity index (χ4v) is 2.66. The Morgan fingerprint density at radius 3 is 2.13 bits per heavy atom. The summed E-state index contributed by atoms with van der Waals surface area (Å²) >= 11 is 5.95. The summed E-state index contributed by atoms with van der Waals surface area (Å²) in [7, 11) is 4.22. The molecule has 160 valence electrons. The number of methoxy groups -OCH3 is 3. The molecular weight excluding hydrogens is 420 g/mol.